The van der Waals surface area contributed by atoms with Gasteiger partial charge in [0, 0.05) is 12.0 Å². The molecule has 1 fully saturated rings. The van der Waals surface area contributed by atoms with Gasteiger partial charge >= 0.3 is 0 Å². The summed E-state index contributed by atoms with van der Waals surface area (Å²) >= 11 is 0. The van der Waals surface area contributed by atoms with Crippen molar-refractivity contribution in [1.82, 2.24) is 4.90 Å². The first-order chi connectivity index (χ1) is 12.5. The van der Waals surface area contributed by atoms with Gasteiger partial charge in [-0.3, -0.25) is 9.59 Å². The van der Waals surface area contributed by atoms with Gasteiger partial charge in [-0.2, -0.15) is 0 Å². The number of hydrogen-bond donors (Lipinski definition) is 1. The summed E-state index contributed by atoms with van der Waals surface area (Å²) in [7, 11) is 1.43. The quantitative estimate of drug-likeness (QED) is 0.858. The molecular weight excluding hydrogens is 330 g/mol. The molecule has 1 atom stereocenters. The van der Waals surface area contributed by atoms with E-state index < -0.39 is 11.9 Å². The molecule has 1 aliphatic heterocycles. The van der Waals surface area contributed by atoms with Crippen LogP contribution < -0.4 is 5.73 Å². The van der Waals surface area contributed by atoms with E-state index in [9.17, 15) is 9.59 Å². The number of hydrogen-bond acceptors (Lipinski definition) is 4. The van der Waals surface area contributed by atoms with Gasteiger partial charge in [0.1, 0.15) is 13.2 Å². The first kappa shape index (κ1) is 17.7. The number of carbonyl (C=O) groups excluding carboxylic acids is 2. The van der Waals surface area contributed by atoms with Crippen LogP contribution in [0, 0.1) is 6.92 Å². The fraction of sp³-hybridized carbons (Fsp3) is 0.250. The minimum absolute atomic E-state index is 0.236. The van der Waals surface area contributed by atoms with Crippen LogP contribution in [0.25, 0.3) is 11.1 Å². The lowest BCUT2D eigenvalue weighted by Crippen LogP contribution is -2.43. The van der Waals surface area contributed by atoms with Crippen molar-refractivity contribution < 1.29 is 14.4 Å². The molecule has 134 valence electrons. The number of likely N-dealkylation sites (tertiary alicyclic amines) is 1. The zero-order valence-corrected chi connectivity index (χ0v) is 14.8. The van der Waals surface area contributed by atoms with Crippen molar-refractivity contribution in [2.24, 2.45) is 10.9 Å². The SMILES string of the molecule is CO/N=C1/C[C@@H](C(N)=O)N(C(=O)c2ccc(-c3ccccc3C)cc2)C1. The summed E-state index contributed by atoms with van der Waals surface area (Å²) in [5.74, 6) is -0.789. The Morgan fingerprint density at radius 2 is 1.85 bits per heavy atom. The van der Waals surface area contributed by atoms with Crippen LogP contribution in [-0.2, 0) is 9.63 Å². The highest BCUT2D eigenvalue weighted by atomic mass is 16.6. The van der Waals surface area contributed by atoms with Gasteiger partial charge < -0.3 is 15.5 Å². The minimum Gasteiger partial charge on any atom is -0.399 e. The lowest BCUT2D eigenvalue weighted by molar-refractivity contribution is -0.121. The van der Waals surface area contributed by atoms with Crippen molar-refractivity contribution in [2.75, 3.05) is 13.7 Å². The monoisotopic (exact) mass is 351 g/mol. The summed E-state index contributed by atoms with van der Waals surface area (Å²) in [6.07, 6.45) is 0.302. The summed E-state index contributed by atoms with van der Waals surface area (Å²) in [6, 6.07) is 14.7. The van der Waals surface area contributed by atoms with Crippen molar-refractivity contribution in [2.45, 2.75) is 19.4 Å². The third-order valence-electron chi connectivity index (χ3n) is 4.56. The number of aryl methyl sites for hydroxylation is 1. The lowest BCUT2D eigenvalue weighted by atomic mass is 9.99. The normalized spacial score (nSPS) is 18.2. The van der Waals surface area contributed by atoms with Gasteiger partial charge in [0.05, 0.1) is 12.3 Å². The fourth-order valence-electron chi connectivity index (χ4n) is 3.22. The van der Waals surface area contributed by atoms with E-state index >= 15 is 0 Å². The van der Waals surface area contributed by atoms with Gasteiger partial charge in [0.25, 0.3) is 5.91 Å². The minimum atomic E-state index is -0.701. The van der Waals surface area contributed by atoms with Crippen molar-refractivity contribution in [3.05, 3.63) is 59.7 Å². The maximum atomic E-state index is 12.8. The molecule has 1 heterocycles. The highest BCUT2D eigenvalue weighted by Crippen LogP contribution is 2.25. The Morgan fingerprint density at radius 1 is 1.15 bits per heavy atom. The molecule has 0 unspecified atom stereocenters. The van der Waals surface area contributed by atoms with Crippen LogP contribution >= 0.6 is 0 Å². The maximum Gasteiger partial charge on any atom is 0.254 e. The number of amides is 2. The van der Waals surface area contributed by atoms with Crippen LogP contribution in [0.4, 0.5) is 0 Å². The molecule has 2 aromatic rings. The summed E-state index contributed by atoms with van der Waals surface area (Å²) in [6.45, 7) is 2.28. The number of rotatable bonds is 4. The molecule has 0 saturated carbocycles. The average Bonchev–Trinajstić information content (AvgIpc) is 3.06. The Balaban J connectivity index is 1.85. The van der Waals surface area contributed by atoms with Crippen molar-refractivity contribution >= 4 is 17.5 Å². The standard InChI is InChI=1S/C20H21N3O3/c1-13-5-3-4-6-17(13)14-7-9-15(10-8-14)20(25)23-12-16(22-26-2)11-18(23)19(21)24/h3-10,18H,11-12H2,1-2H3,(H2,21,24)/b22-16-/t18-/m0/s1. The largest absolute Gasteiger partial charge is 0.399 e. The Kier molecular flexibility index (Phi) is 5.02. The van der Waals surface area contributed by atoms with Crippen LogP contribution in [0.3, 0.4) is 0 Å². The van der Waals surface area contributed by atoms with E-state index in [4.69, 9.17) is 10.6 Å². The van der Waals surface area contributed by atoms with E-state index in [-0.39, 0.29) is 12.5 Å². The molecule has 0 bridgehead atoms. The van der Waals surface area contributed by atoms with E-state index in [0.717, 1.165) is 11.1 Å². The smallest absolute Gasteiger partial charge is 0.254 e. The predicted octanol–water partition coefficient (Wildman–Crippen LogP) is 2.36. The van der Waals surface area contributed by atoms with Crippen molar-refractivity contribution in [3.8, 4) is 11.1 Å². The molecule has 6 heteroatoms. The fourth-order valence-corrected chi connectivity index (χ4v) is 3.22. The molecule has 1 saturated heterocycles. The predicted molar refractivity (Wildman–Crippen MR) is 99.7 cm³/mol. The van der Waals surface area contributed by atoms with Crippen LogP contribution in [0.1, 0.15) is 22.3 Å². The molecule has 1 aliphatic rings. The lowest BCUT2D eigenvalue weighted by Gasteiger charge is -2.21. The van der Waals surface area contributed by atoms with Gasteiger partial charge in [0.15, 0.2) is 0 Å². The Bertz CT molecular complexity index is 859. The van der Waals surface area contributed by atoms with Gasteiger partial charge in [-0.1, -0.05) is 41.6 Å². The van der Waals surface area contributed by atoms with Gasteiger partial charge in [-0.05, 0) is 35.7 Å². The van der Waals surface area contributed by atoms with E-state index in [0.29, 0.717) is 17.7 Å². The van der Waals surface area contributed by atoms with E-state index in [1.807, 2.05) is 43.3 Å². The first-order valence-electron chi connectivity index (χ1n) is 8.36. The number of nitrogens with zero attached hydrogens (tertiary/aromatic N) is 2. The molecule has 0 radical (unpaired) electrons. The Morgan fingerprint density at radius 3 is 2.46 bits per heavy atom. The van der Waals surface area contributed by atoms with Crippen molar-refractivity contribution in [1.29, 1.82) is 0 Å². The molecule has 6 nitrogen and oxygen atoms in total. The maximum absolute atomic E-state index is 12.8. The zero-order valence-electron chi connectivity index (χ0n) is 14.8. The second-order valence-corrected chi connectivity index (χ2v) is 6.29. The second-order valence-electron chi connectivity index (χ2n) is 6.29. The molecule has 0 aliphatic carbocycles. The molecule has 3 rings (SSSR count). The molecule has 0 spiro atoms. The summed E-state index contributed by atoms with van der Waals surface area (Å²) in [4.78, 5) is 30.8. The third-order valence-corrected chi connectivity index (χ3v) is 4.56. The molecule has 0 aromatic heterocycles. The highest BCUT2D eigenvalue weighted by Gasteiger charge is 2.37. The summed E-state index contributed by atoms with van der Waals surface area (Å²) < 4.78 is 0. The number of oxime groups is 1. The van der Waals surface area contributed by atoms with E-state index in [1.54, 1.807) is 12.1 Å². The molecule has 2 amide bonds. The third kappa shape index (κ3) is 3.44. The number of benzene rings is 2. The number of primary amides is 1. The molecule has 26 heavy (non-hydrogen) atoms. The summed E-state index contributed by atoms with van der Waals surface area (Å²) in [5, 5.41) is 3.86. The van der Waals surface area contributed by atoms with Crippen LogP contribution in [0.2, 0.25) is 0 Å². The van der Waals surface area contributed by atoms with Gasteiger partial charge in [-0.15, -0.1) is 0 Å². The highest BCUT2D eigenvalue weighted by molar-refractivity contribution is 6.05. The molecule has 2 aromatic carbocycles. The van der Waals surface area contributed by atoms with Crippen LogP contribution in [-0.4, -0.2) is 42.1 Å². The van der Waals surface area contributed by atoms with Crippen LogP contribution in [0.5, 0.6) is 0 Å². The van der Waals surface area contributed by atoms with Crippen molar-refractivity contribution in [3.63, 3.8) is 0 Å². The molecule has 2 N–H and O–H groups in total. The number of nitrogens with two attached hydrogens (primary N) is 1. The topological polar surface area (TPSA) is 85.0 Å². The second kappa shape index (κ2) is 7.39. The van der Waals surface area contributed by atoms with Gasteiger partial charge in [-0.25, -0.2) is 0 Å². The van der Waals surface area contributed by atoms with E-state index in [1.165, 1.54) is 17.6 Å². The Hall–Kier alpha value is -3.15. The zero-order chi connectivity index (χ0) is 18.7. The van der Waals surface area contributed by atoms with Gasteiger partial charge in [0.2, 0.25) is 5.91 Å². The van der Waals surface area contributed by atoms with Crippen LogP contribution in [0.15, 0.2) is 53.7 Å². The summed E-state index contributed by atoms with van der Waals surface area (Å²) in [5.41, 5.74) is 9.91. The van der Waals surface area contributed by atoms with E-state index in [2.05, 4.69) is 5.16 Å². The first-order valence-corrected chi connectivity index (χ1v) is 8.36. The number of carbonyl (C=O) groups is 2. The molecular formula is C20H21N3O3. The Labute approximate surface area is 152 Å². The average molecular weight is 351 g/mol.